The Morgan fingerprint density at radius 2 is 1.35 bits per heavy atom. The molecular weight excluding hydrogens is 308 g/mol. The third kappa shape index (κ3) is 14.8. The number of hydrogen-bond donors (Lipinski definition) is 1. The molecule has 0 amide bonds. The molecule has 23 heavy (non-hydrogen) atoms. The SMILES string of the molecule is CCCCCCCCC(SC)C(=O)CCCCCCCC(=O)O. The Kier molecular flexibility index (Phi) is 16.0. The van der Waals surface area contributed by atoms with E-state index < -0.39 is 5.97 Å². The molecule has 0 radical (unpaired) electrons. The monoisotopic (exact) mass is 344 g/mol. The van der Waals surface area contributed by atoms with E-state index in [1.165, 1.54) is 38.5 Å². The van der Waals surface area contributed by atoms with Crippen molar-refractivity contribution in [1.29, 1.82) is 0 Å². The van der Waals surface area contributed by atoms with Crippen molar-refractivity contribution in [3.05, 3.63) is 0 Å². The van der Waals surface area contributed by atoms with Crippen LogP contribution in [0.1, 0.15) is 96.8 Å². The van der Waals surface area contributed by atoms with Gasteiger partial charge in [0.05, 0.1) is 5.25 Å². The smallest absolute Gasteiger partial charge is 0.303 e. The highest BCUT2D eigenvalue weighted by molar-refractivity contribution is 7.99. The largest absolute Gasteiger partial charge is 0.481 e. The molecule has 0 fully saturated rings. The standard InChI is InChI=1S/C19H36O3S/c1-3-4-5-6-9-12-15-18(23-2)17(20)14-11-8-7-10-13-16-19(21)22/h18H,3-16H2,1-2H3,(H,21,22). The second-order valence-electron chi connectivity index (χ2n) is 6.41. The van der Waals surface area contributed by atoms with Crippen LogP contribution in [0, 0.1) is 0 Å². The van der Waals surface area contributed by atoms with Gasteiger partial charge in [0.1, 0.15) is 5.78 Å². The summed E-state index contributed by atoms with van der Waals surface area (Å²) in [5.74, 6) is -0.297. The molecule has 0 aromatic rings. The summed E-state index contributed by atoms with van der Waals surface area (Å²) >= 11 is 1.71. The van der Waals surface area contributed by atoms with Crippen LogP contribution in [0.25, 0.3) is 0 Å². The zero-order valence-corrected chi connectivity index (χ0v) is 16.0. The number of carboxylic acids is 1. The van der Waals surface area contributed by atoms with Crippen molar-refractivity contribution in [3.63, 3.8) is 0 Å². The maximum Gasteiger partial charge on any atom is 0.303 e. The predicted molar refractivity (Wildman–Crippen MR) is 100 cm³/mol. The molecule has 0 spiro atoms. The molecule has 0 aromatic carbocycles. The summed E-state index contributed by atoms with van der Waals surface area (Å²) in [6, 6.07) is 0. The molecule has 0 aliphatic rings. The number of Topliss-reactive ketones (excluding diaryl/α,β-unsaturated/α-hetero) is 1. The van der Waals surface area contributed by atoms with Crippen LogP contribution in [0.3, 0.4) is 0 Å². The van der Waals surface area contributed by atoms with Crippen molar-refractivity contribution in [2.45, 2.75) is 102 Å². The fourth-order valence-electron chi connectivity index (χ4n) is 2.79. The number of hydrogen-bond acceptors (Lipinski definition) is 3. The van der Waals surface area contributed by atoms with Gasteiger partial charge in [-0.25, -0.2) is 0 Å². The maximum absolute atomic E-state index is 12.2. The lowest BCUT2D eigenvalue weighted by atomic mass is 10.0. The molecule has 0 aromatic heterocycles. The molecule has 0 aliphatic heterocycles. The van der Waals surface area contributed by atoms with Crippen LogP contribution in [-0.4, -0.2) is 28.4 Å². The van der Waals surface area contributed by atoms with Crippen LogP contribution in [-0.2, 0) is 9.59 Å². The molecule has 1 atom stereocenters. The first-order chi connectivity index (χ1) is 11.1. The highest BCUT2D eigenvalue weighted by atomic mass is 32.2. The number of ketones is 1. The highest BCUT2D eigenvalue weighted by Crippen LogP contribution is 2.20. The van der Waals surface area contributed by atoms with Gasteiger partial charge >= 0.3 is 5.97 Å². The molecule has 0 heterocycles. The van der Waals surface area contributed by atoms with Crippen LogP contribution in [0.15, 0.2) is 0 Å². The summed E-state index contributed by atoms with van der Waals surface area (Å²) in [6.45, 7) is 2.23. The van der Waals surface area contributed by atoms with E-state index >= 15 is 0 Å². The molecule has 4 heteroatoms. The van der Waals surface area contributed by atoms with Crippen LogP contribution in [0.4, 0.5) is 0 Å². The minimum atomic E-state index is -0.710. The van der Waals surface area contributed by atoms with Gasteiger partial charge in [0.25, 0.3) is 0 Å². The second-order valence-corrected chi connectivity index (χ2v) is 7.45. The van der Waals surface area contributed by atoms with E-state index in [1.807, 2.05) is 6.26 Å². The topological polar surface area (TPSA) is 54.4 Å². The van der Waals surface area contributed by atoms with Crippen LogP contribution in [0.5, 0.6) is 0 Å². The summed E-state index contributed by atoms with van der Waals surface area (Å²) in [5.41, 5.74) is 0. The first-order valence-electron chi connectivity index (χ1n) is 9.39. The van der Waals surface area contributed by atoms with Crippen LogP contribution in [0.2, 0.25) is 0 Å². The fourth-order valence-corrected chi connectivity index (χ4v) is 3.57. The van der Waals surface area contributed by atoms with E-state index in [9.17, 15) is 9.59 Å². The first-order valence-corrected chi connectivity index (χ1v) is 10.7. The molecular formula is C19H36O3S. The number of carbonyl (C=O) groups excluding carboxylic acids is 1. The summed E-state index contributed by atoms with van der Waals surface area (Å²) in [7, 11) is 0. The number of aliphatic carboxylic acids is 1. The molecule has 0 bridgehead atoms. The Balaban J connectivity index is 3.58. The van der Waals surface area contributed by atoms with E-state index in [0.29, 0.717) is 12.2 Å². The summed E-state index contributed by atoms with van der Waals surface area (Å²) in [4.78, 5) is 22.6. The second kappa shape index (κ2) is 16.4. The molecule has 1 unspecified atom stereocenters. The Morgan fingerprint density at radius 1 is 0.826 bits per heavy atom. The first kappa shape index (κ1) is 22.5. The van der Waals surface area contributed by atoms with Gasteiger partial charge in [-0.05, 0) is 25.5 Å². The number of carbonyl (C=O) groups is 2. The molecule has 0 rings (SSSR count). The third-order valence-electron chi connectivity index (χ3n) is 4.28. The van der Waals surface area contributed by atoms with E-state index in [-0.39, 0.29) is 11.7 Å². The lowest BCUT2D eigenvalue weighted by Crippen LogP contribution is -2.16. The number of unbranched alkanes of at least 4 members (excludes halogenated alkanes) is 9. The van der Waals surface area contributed by atoms with Crippen molar-refractivity contribution in [2.24, 2.45) is 0 Å². The zero-order chi connectivity index (χ0) is 17.3. The molecule has 0 aliphatic carbocycles. The lowest BCUT2D eigenvalue weighted by Gasteiger charge is -2.13. The maximum atomic E-state index is 12.2. The van der Waals surface area contributed by atoms with E-state index in [4.69, 9.17) is 5.11 Å². The normalized spacial score (nSPS) is 12.3. The van der Waals surface area contributed by atoms with Gasteiger partial charge in [-0.3, -0.25) is 9.59 Å². The minimum absolute atomic E-state index is 0.188. The van der Waals surface area contributed by atoms with Gasteiger partial charge in [0.2, 0.25) is 0 Å². The summed E-state index contributed by atoms with van der Waals surface area (Å²) < 4.78 is 0. The average Bonchev–Trinajstić information content (AvgIpc) is 2.53. The van der Waals surface area contributed by atoms with Gasteiger partial charge < -0.3 is 5.11 Å². The average molecular weight is 345 g/mol. The minimum Gasteiger partial charge on any atom is -0.481 e. The fraction of sp³-hybridized carbons (Fsp3) is 0.895. The van der Waals surface area contributed by atoms with Crippen molar-refractivity contribution >= 4 is 23.5 Å². The van der Waals surface area contributed by atoms with Crippen molar-refractivity contribution in [1.82, 2.24) is 0 Å². The van der Waals surface area contributed by atoms with Gasteiger partial charge in [-0.2, -0.15) is 11.8 Å². The molecule has 1 N–H and O–H groups in total. The summed E-state index contributed by atoms with van der Waals surface area (Å²) in [6.07, 6.45) is 16.5. The van der Waals surface area contributed by atoms with E-state index in [0.717, 1.165) is 38.5 Å². The Labute approximate surface area is 147 Å². The highest BCUT2D eigenvalue weighted by Gasteiger charge is 2.15. The van der Waals surface area contributed by atoms with Gasteiger partial charge in [0.15, 0.2) is 0 Å². The Morgan fingerprint density at radius 3 is 1.91 bits per heavy atom. The van der Waals surface area contributed by atoms with Crippen molar-refractivity contribution in [2.75, 3.05) is 6.26 Å². The third-order valence-corrected chi connectivity index (χ3v) is 5.34. The summed E-state index contributed by atoms with van der Waals surface area (Å²) in [5, 5.41) is 8.75. The van der Waals surface area contributed by atoms with Gasteiger partial charge in [0, 0.05) is 12.8 Å². The molecule has 3 nitrogen and oxygen atoms in total. The molecule has 0 saturated carbocycles. The number of rotatable bonds is 17. The van der Waals surface area contributed by atoms with Crippen LogP contribution >= 0.6 is 11.8 Å². The molecule has 136 valence electrons. The number of thioether (sulfide) groups is 1. The van der Waals surface area contributed by atoms with Crippen molar-refractivity contribution < 1.29 is 14.7 Å². The van der Waals surface area contributed by atoms with Gasteiger partial charge in [-0.15, -0.1) is 0 Å². The van der Waals surface area contributed by atoms with E-state index in [1.54, 1.807) is 11.8 Å². The Hall–Kier alpha value is -0.510. The Bertz CT molecular complexity index is 305. The van der Waals surface area contributed by atoms with Gasteiger partial charge in [-0.1, -0.05) is 64.7 Å². The zero-order valence-electron chi connectivity index (χ0n) is 15.1. The molecule has 0 saturated heterocycles. The van der Waals surface area contributed by atoms with E-state index in [2.05, 4.69) is 6.92 Å². The predicted octanol–water partition coefficient (Wildman–Crippen LogP) is 5.85. The van der Waals surface area contributed by atoms with Crippen LogP contribution < -0.4 is 0 Å². The quantitative estimate of drug-likeness (QED) is 0.336. The lowest BCUT2D eigenvalue weighted by molar-refractivity contribution is -0.137. The number of carboxylic acid groups (broad SMARTS) is 1. The van der Waals surface area contributed by atoms with Crippen molar-refractivity contribution in [3.8, 4) is 0 Å².